The molecule has 1 heterocycles. The predicted molar refractivity (Wildman–Crippen MR) is 123 cm³/mol. The summed E-state index contributed by atoms with van der Waals surface area (Å²) in [6.45, 7) is 4.77. The molecule has 2 aromatic rings. The molecule has 34 heavy (non-hydrogen) atoms. The highest BCUT2D eigenvalue weighted by Crippen LogP contribution is 2.28. The Morgan fingerprint density at radius 1 is 1.12 bits per heavy atom. The number of nitro benzene ring substituents is 1. The van der Waals surface area contributed by atoms with Crippen LogP contribution in [0.4, 0.5) is 5.69 Å². The van der Waals surface area contributed by atoms with Crippen LogP contribution in [0.3, 0.4) is 0 Å². The first-order chi connectivity index (χ1) is 16.0. The molecule has 1 aliphatic rings. The van der Waals surface area contributed by atoms with Crippen molar-refractivity contribution in [3.63, 3.8) is 0 Å². The maximum atomic E-state index is 13.0. The first kappa shape index (κ1) is 24.8. The van der Waals surface area contributed by atoms with Crippen LogP contribution in [0.15, 0.2) is 58.4 Å². The zero-order valence-electron chi connectivity index (χ0n) is 18.7. The van der Waals surface area contributed by atoms with Gasteiger partial charge in [-0.3, -0.25) is 29.4 Å². The van der Waals surface area contributed by atoms with Gasteiger partial charge in [-0.2, -0.15) is 0 Å². The number of nitrogens with one attached hydrogen (secondary N) is 2. The van der Waals surface area contributed by atoms with Crippen LogP contribution in [0, 0.1) is 10.1 Å². The van der Waals surface area contributed by atoms with Gasteiger partial charge in [0.15, 0.2) is 0 Å². The minimum absolute atomic E-state index is 0.0136. The molecular weight excluding hydrogens is 464 g/mol. The molecule has 0 bridgehead atoms. The molecule has 0 aromatic heterocycles. The number of aliphatic imine (C=N–C) groups is 1. The SMILES string of the molecule is CC(C)OC(=O)CC(NC(=O)[C@H](C)N=C1NS(=O)(=O)c2ccccc21)c1ccccc1[N+](=O)[O-]. The normalized spacial score (nSPS) is 16.9. The average molecular weight is 489 g/mol. The molecule has 2 N–H and O–H groups in total. The fraction of sp³-hybridized carbons (Fsp3) is 0.318. The molecule has 1 aliphatic heterocycles. The molecule has 3 rings (SSSR count). The Bertz CT molecular complexity index is 1260. The van der Waals surface area contributed by atoms with Crippen molar-refractivity contribution in [3.8, 4) is 0 Å². The van der Waals surface area contributed by atoms with Crippen molar-refractivity contribution in [1.29, 1.82) is 0 Å². The second-order valence-corrected chi connectivity index (χ2v) is 9.53. The lowest BCUT2D eigenvalue weighted by molar-refractivity contribution is -0.385. The van der Waals surface area contributed by atoms with Crippen molar-refractivity contribution in [2.45, 2.75) is 50.3 Å². The largest absolute Gasteiger partial charge is 0.463 e. The smallest absolute Gasteiger partial charge is 0.308 e. The van der Waals surface area contributed by atoms with Gasteiger partial charge in [0.25, 0.3) is 15.7 Å². The number of para-hydroxylation sites is 1. The maximum Gasteiger partial charge on any atom is 0.308 e. The van der Waals surface area contributed by atoms with Crippen LogP contribution in [0.5, 0.6) is 0 Å². The summed E-state index contributed by atoms with van der Waals surface area (Å²) in [4.78, 5) is 40.4. The summed E-state index contributed by atoms with van der Waals surface area (Å²) in [6, 6.07) is 9.83. The Morgan fingerprint density at radius 2 is 1.76 bits per heavy atom. The zero-order valence-corrected chi connectivity index (χ0v) is 19.5. The molecule has 0 saturated carbocycles. The van der Waals surface area contributed by atoms with Crippen LogP contribution in [-0.4, -0.2) is 43.2 Å². The van der Waals surface area contributed by atoms with Crippen LogP contribution in [-0.2, 0) is 24.3 Å². The van der Waals surface area contributed by atoms with Gasteiger partial charge in [0, 0.05) is 11.6 Å². The van der Waals surface area contributed by atoms with Crippen molar-refractivity contribution < 1.29 is 27.7 Å². The quantitative estimate of drug-likeness (QED) is 0.328. The van der Waals surface area contributed by atoms with Gasteiger partial charge in [-0.1, -0.05) is 30.3 Å². The number of nitro groups is 1. The molecule has 1 unspecified atom stereocenters. The van der Waals surface area contributed by atoms with Gasteiger partial charge in [-0.25, -0.2) is 8.42 Å². The third-order valence-corrected chi connectivity index (χ3v) is 6.33. The van der Waals surface area contributed by atoms with Crippen molar-refractivity contribution in [1.82, 2.24) is 10.0 Å². The Hall–Kier alpha value is -3.80. The Balaban J connectivity index is 1.88. The van der Waals surface area contributed by atoms with Crippen LogP contribution in [0.25, 0.3) is 0 Å². The summed E-state index contributed by atoms with van der Waals surface area (Å²) >= 11 is 0. The molecule has 2 atom stereocenters. The second-order valence-electron chi connectivity index (χ2n) is 7.88. The summed E-state index contributed by atoms with van der Waals surface area (Å²) in [6.07, 6.45) is -0.747. The summed E-state index contributed by atoms with van der Waals surface area (Å²) in [5, 5.41) is 14.1. The van der Waals surface area contributed by atoms with E-state index in [4.69, 9.17) is 4.74 Å². The van der Waals surface area contributed by atoms with Crippen LogP contribution in [0.2, 0.25) is 0 Å². The number of rotatable bonds is 8. The molecule has 12 heteroatoms. The number of ether oxygens (including phenoxy) is 1. The molecule has 0 saturated heterocycles. The molecule has 180 valence electrons. The Kier molecular flexibility index (Phi) is 7.30. The van der Waals surface area contributed by atoms with E-state index in [1.54, 1.807) is 38.1 Å². The van der Waals surface area contributed by atoms with Gasteiger partial charge in [0.2, 0.25) is 5.91 Å². The van der Waals surface area contributed by atoms with Gasteiger partial charge in [-0.15, -0.1) is 0 Å². The first-order valence-corrected chi connectivity index (χ1v) is 11.9. The Labute approximate surface area is 196 Å². The number of sulfonamides is 1. The fourth-order valence-corrected chi connectivity index (χ4v) is 4.68. The van der Waals surface area contributed by atoms with E-state index < -0.39 is 45.0 Å². The molecular formula is C22H24N4O7S. The van der Waals surface area contributed by atoms with E-state index >= 15 is 0 Å². The molecule has 0 spiro atoms. The van der Waals surface area contributed by atoms with Crippen molar-refractivity contribution in [3.05, 3.63) is 69.8 Å². The fourth-order valence-electron chi connectivity index (χ4n) is 3.44. The van der Waals surface area contributed by atoms with E-state index in [0.717, 1.165) is 0 Å². The average Bonchev–Trinajstić information content (AvgIpc) is 3.02. The minimum atomic E-state index is -3.78. The van der Waals surface area contributed by atoms with Gasteiger partial charge in [0.05, 0.1) is 33.9 Å². The number of amidine groups is 1. The number of carbonyl (C=O) groups is 2. The second kappa shape index (κ2) is 10.00. The lowest BCUT2D eigenvalue weighted by atomic mass is 10.0. The standard InChI is InChI=1S/C22H24N4O7S/c1-13(2)33-20(27)12-17(15-8-4-6-10-18(15)26(29)30)24-22(28)14(3)23-21-16-9-5-7-11-19(16)34(31,32)25-21/h4-11,13-14,17H,12H2,1-3H3,(H,23,25)(H,24,28)/t14-,17?/m0/s1. The van der Waals surface area contributed by atoms with E-state index in [1.165, 1.54) is 31.2 Å². The van der Waals surface area contributed by atoms with Crippen molar-refractivity contribution in [2.75, 3.05) is 0 Å². The van der Waals surface area contributed by atoms with Crippen LogP contribution >= 0.6 is 0 Å². The third kappa shape index (κ3) is 5.57. The van der Waals surface area contributed by atoms with E-state index in [-0.39, 0.29) is 28.4 Å². The first-order valence-electron chi connectivity index (χ1n) is 10.4. The van der Waals surface area contributed by atoms with E-state index in [2.05, 4.69) is 15.0 Å². The number of hydrogen-bond donors (Lipinski definition) is 2. The van der Waals surface area contributed by atoms with Gasteiger partial charge < -0.3 is 10.1 Å². The lowest BCUT2D eigenvalue weighted by Gasteiger charge is -2.20. The Morgan fingerprint density at radius 3 is 2.44 bits per heavy atom. The topological polar surface area (TPSA) is 157 Å². The maximum absolute atomic E-state index is 13.0. The minimum Gasteiger partial charge on any atom is -0.463 e. The summed E-state index contributed by atoms with van der Waals surface area (Å²) in [7, 11) is -3.78. The molecule has 2 aromatic carbocycles. The van der Waals surface area contributed by atoms with Gasteiger partial charge in [-0.05, 0) is 32.9 Å². The molecule has 0 aliphatic carbocycles. The summed E-state index contributed by atoms with van der Waals surface area (Å²) in [5.41, 5.74) is 0.202. The summed E-state index contributed by atoms with van der Waals surface area (Å²) in [5.74, 6) is -1.29. The third-order valence-electron chi connectivity index (χ3n) is 4.93. The number of nitrogens with zero attached hydrogens (tertiary/aromatic N) is 2. The number of esters is 1. The highest BCUT2D eigenvalue weighted by molar-refractivity contribution is 7.90. The predicted octanol–water partition coefficient (Wildman–Crippen LogP) is 2.22. The molecule has 0 radical (unpaired) electrons. The molecule has 0 fully saturated rings. The number of fused-ring (bicyclic) bond motifs is 1. The number of amides is 1. The highest BCUT2D eigenvalue weighted by Gasteiger charge is 2.32. The summed E-state index contributed by atoms with van der Waals surface area (Å²) < 4.78 is 32.0. The van der Waals surface area contributed by atoms with Gasteiger partial charge >= 0.3 is 5.97 Å². The van der Waals surface area contributed by atoms with E-state index in [1.807, 2.05) is 0 Å². The zero-order chi connectivity index (χ0) is 25.0. The van der Waals surface area contributed by atoms with Crippen molar-refractivity contribution in [2.24, 2.45) is 4.99 Å². The van der Waals surface area contributed by atoms with Crippen molar-refractivity contribution >= 4 is 33.4 Å². The van der Waals surface area contributed by atoms with Crippen LogP contribution < -0.4 is 10.0 Å². The number of hydrogen-bond acceptors (Lipinski definition) is 8. The molecule has 11 nitrogen and oxygen atoms in total. The lowest BCUT2D eigenvalue weighted by Crippen LogP contribution is -2.37. The monoisotopic (exact) mass is 488 g/mol. The highest BCUT2D eigenvalue weighted by atomic mass is 32.2. The van der Waals surface area contributed by atoms with E-state index in [9.17, 15) is 28.1 Å². The number of carbonyl (C=O) groups excluding carboxylic acids is 2. The van der Waals surface area contributed by atoms with Crippen LogP contribution in [0.1, 0.15) is 44.4 Å². The number of benzene rings is 2. The van der Waals surface area contributed by atoms with Gasteiger partial charge in [0.1, 0.15) is 11.9 Å². The molecule has 1 amide bonds. The van der Waals surface area contributed by atoms with E-state index in [0.29, 0.717) is 5.56 Å².